The molecule has 0 radical (unpaired) electrons. The van der Waals surface area contributed by atoms with Gasteiger partial charge in [0.1, 0.15) is 0 Å². The standard InChI is InChI=1S/C16H20OS/c1-12(2)14-7-5-13(6-8-14)10-15(17)11-16-4-3-9-18-16/h3-9,12,15,17H,10-11H2,1-2H3. The van der Waals surface area contributed by atoms with Gasteiger partial charge in [-0.2, -0.15) is 0 Å². The zero-order valence-electron chi connectivity index (χ0n) is 11.0. The molecule has 1 heterocycles. The van der Waals surface area contributed by atoms with E-state index in [2.05, 4.69) is 49.6 Å². The Morgan fingerprint density at radius 3 is 2.33 bits per heavy atom. The van der Waals surface area contributed by atoms with Gasteiger partial charge in [-0.05, 0) is 34.9 Å². The van der Waals surface area contributed by atoms with E-state index in [1.807, 2.05) is 6.07 Å². The SMILES string of the molecule is CC(C)c1ccc(CC(O)Cc2cccs2)cc1. The maximum absolute atomic E-state index is 10.1. The van der Waals surface area contributed by atoms with Crippen LogP contribution in [0, 0.1) is 0 Å². The molecule has 0 aliphatic heterocycles. The topological polar surface area (TPSA) is 20.2 Å². The minimum absolute atomic E-state index is 0.284. The van der Waals surface area contributed by atoms with Crippen LogP contribution in [-0.4, -0.2) is 11.2 Å². The fourth-order valence-corrected chi connectivity index (χ4v) is 2.82. The Kier molecular flexibility index (Phi) is 4.56. The van der Waals surface area contributed by atoms with E-state index in [9.17, 15) is 5.11 Å². The summed E-state index contributed by atoms with van der Waals surface area (Å²) >= 11 is 1.71. The van der Waals surface area contributed by atoms with E-state index in [0.717, 1.165) is 12.8 Å². The van der Waals surface area contributed by atoms with Gasteiger partial charge in [0.25, 0.3) is 0 Å². The number of benzene rings is 1. The molecule has 96 valence electrons. The largest absolute Gasteiger partial charge is 0.392 e. The first-order valence-electron chi connectivity index (χ1n) is 6.44. The van der Waals surface area contributed by atoms with Crippen LogP contribution in [0.3, 0.4) is 0 Å². The lowest BCUT2D eigenvalue weighted by Crippen LogP contribution is -2.13. The summed E-state index contributed by atoms with van der Waals surface area (Å²) in [4.78, 5) is 1.25. The molecule has 0 aliphatic rings. The van der Waals surface area contributed by atoms with Crippen molar-refractivity contribution in [1.82, 2.24) is 0 Å². The van der Waals surface area contributed by atoms with Crippen molar-refractivity contribution in [3.05, 3.63) is 57.8 Å². The van der Waals surface area contributed by atoms with Gasteiger partial charge in [-0.1, -0.05) is 44.2 Å². The number of aliphatic hydroxyl groups is 1. The molecule has 0 fully saturated rings. The summed E-state index contributed by atoms with van der Waals surface area (Å²) in [5.41, 5.74) is 2.56. The Labute approximate surface area is 113 Å². The molecule has 0 amide bonds. The maximum Gasteiger partial charge on any atom is 0.0628 e. The van der Waals surface area contributed by atoms with Gasteiger partial charge >= 0.3 is 0 Å². The molecule has 1 aromatic carbocycles. The minimum atomic E-state index is -0.284. The minimum Gasteiger partial charge on any atom is -0.392 e. The molecule has 0 saturated heterocycles. The number of rotatable bonds is 5. The number of hydrogen-bond donors (Lipinski definition) is 1. The van der Waals surface area contributed by atoms with Gasteiger partial charge in [0, 0.05) is 11.3 Å². The zero-order chi connectivity index (χ0) is 13.0. The summed E-state index contributed by atoms with van der Waals surface area (Å²) in [6.07, 6.45) is 1.20. The third-order valence-electron chi connectivity index (χ3n) is 3.13. The highest BCUT2D eigenvalue weighted by Crippen LogP contribution is 2.17. The highest BCUT2D eigenvalue weighted by Gasteiger charge is 2.08. The summed E-state index contributed by atoms with van der Waals surface area (Å²) in [5.74, 6) is 0.565. The van der Waals surface area contributed by atoms with E-state index in [-0.39, 0.29) is 6.10 Å². The fourth-order valence-electron chi connectivity index (χ4n) is 2.04. The monoisotopic (exact) mass is 260 g/mol. The molecule has 1 atom stereocenters. The van der Waals surface area contributed by atoms with Crippen molar-refractivity contribution in [3.8, 4) is 0 Å². The second-order valence-electron chi connectivity index (χ2n) is 5.04. The maximum atomic E-state index is 10.1. The summed E-state index contributed by atoms with van der Waals surface area (Å²) in [6, 6.07) is 12.7. The predicted molar refractivity (Wildman–Crippen MR) is 78.3 cm³/mol. The van der Waals surface area contributed by atoms with E-state index in [4.69, 9.17) is 0 Å². The molecular formula is C16H20OS. The van der Waals surface area contributed by atoms with Gasteiger partial charge in [0.15, 0.2) is 0 Å². The van der Waals surface area contributed by atoms with Crippen LogP contribution in [0.15, 0.2) is 41.8 Å². The van der Waals surface area contributed by atoms with Crippen LogP contribution >= 0.6 is 11.3 Å². The third-order valence-corrected chi connectivity index (χ3v) is 4.03. The first-order valence-corrected chi connectivity index (χ1v) is 7.32. The van der Waals surface area contributed by atoms with E-state index in [0.29, 0.717) is 5.92 Å². The van der Waals surface area contributed by atoms with Crippen LogP contribution in [0.25, 0.3) is 0 Å². The van der Waals surface area contributed by atoms with Crippen molar-refractivity contribution < 1.29 is 5.11 Å². The van der Waals surface area contributed by atoms with Gasteiger partial charge in [0.2, 0.25) is 0 Å². The fraction of sp³-hybridized carbons (Fsp3) is 0.375. The summed E-state index contributed by atoms with van der Waals surface area (Å²) in [6.45, 7) is 4.39. The van der Waals surface area contributed by atoms with Crippen LogP contribution < -0.4 is 0 Å². The zero-order valence-corrected chi connectivity index (χ0v) is 11.8. The van der Waals surface area contributed by atoms with Gasteiger partial charge < -0.3 is 5.11 Å². The Morgan fingerprint density at radius 2 is 1.78 bits per heavy atom. The Bertz CT molecular complexity index is 456. The molecule has 18 heavy (non-hydrogen) atoms. The number of thiophene rings is 1. The first-order chi connectivity index (χ1) is 8.65. The average Bonchev–Trinajstić information content (AvgIpc) is 2.82. The molecule has 0 aliphatic carbocycles. The van der Waals surface area contributed by atoms with Crippen molar-refractivity contribution in [1.29, 1.82) is 0 Å². The van der Waals surface area contributed by atoms with Gasteiger partial charge in [-0.25, -0.2) is 0 Å². The lowest BCUT2D eigenvalue weighted by atomic mass is 9.99. The molecule has 0 bridgehead atoms. The molecule has 1 aromatic heterocycles. The van der Waals surface area contributed by atoms with Gasteiger partial charge in [0.05, 0.1) is 6.10 Å². The quantitative estimate of drug-likeness (QED) is 0.861. The molecule has 0 saturated carbocycles. The van der Waals surface area contributed by atoms with Crippen molar-refractivity contribution in [3.63, 3.8) is 0 Å². The van der Waals surface area contributed by atoms with Gasteiger partial charge in [-0.15, -0.1) is 11.3 Å². The summed E-state index contributed by atoms with van der Waals surface area (Å²) in [7, 11) is 0. The van der Waals surface area contributed by atoms with Crippen LogP contribution in [0.5, 0.6) is 0 Å². The molecular weight excluding hydrogens is 240 g/mol. The average molecular weight is 260 g/mol. The predicted octanol–water partition coefficient (Wildman–Crippen LogP) is 4.02. The Hall–Kier alpha value is -1.12. The van der Waals surface area contributed by atoms with E-state index < -0.39 is 0 Å². The molecule has 0 spiro atoms. The second kappa shape index (κ2) is 6.17. The molecule has 2 rings (SSSR count). The van der Waals surface area contributed by atoms with E-state index in [1.54, 1.807) is 11.3 Å². The van der Waals surface area contributed by atoms with Crippen LogP contribution in [0.2, 0.25) is 0 Å². The normalized spacial score (nSPS) is 12.9. The van der Waals surface area contributed by atoms with Crippen molar-refractivity contribution in [2.24, 2.45) is 0 Å². The number of aliphatic hydroxyl groups excluding tert-OH is 1. The molecule has 1 nitrogen and oxygen atoms in total. The molecule has 2 aromatic rings. The smallest absolute Gasteiger partial charge is 0.0628 e. The van der Waals surface area contributed by atoms with Crippen molar-refractivity contribution in [2.45, 2.75) is 38.7 Å². The molecule has 1 unspecified atom stereocenters. The summed E-state index contributed by atoms with van der Waals surface area (Å²) in [5, 5.41) is 12.1. The van der Waals surface area contributed by atoms with Crippen molar-refractivity contribution in [2.75, 3.05) is 0 Å². The van der Waals surface area contributed by atoms with Crippen LogP contribution in [-0.2, 0) is 12.8 Å². The first kappa shape index (κ1) is 13.3. The Morgan fingerprint density at radius 1 is 1.06 bits per heavy atom. The second-order valence-corrected chi connectivity index (χ2v) is 6.07. The van der Waals surface area contributed by atoms with Gasteiger partial charge in [-0.3, -0.25) is 0 Å². The van der Waals surface area contributed by atoms with Crippen LogP contribution in [0.4, 0.5) is 0 Å². The number of hydrogen-bond acceptors (Lipinski definition) is 2. The lowest BCUT2D eigenvalue weighted by Gasteiger charge is -2.11. The van der Waals surface area contributed by atoms with Crippen molar-refractivity contribution >= 4 is 11.3 Å². The Balaban J connectivity index is 1.92. The van der Waals surface area contributed by atoms with E-state index >= 15 is 0 Å². The molecule has 1 N–H and O–H groups in total. The highest BCUT2D eigenvalue weighted by molar-refractivity contribution is 7.09. The lowest BCUT2D eigenvalue weighted by molar-refractivity contribution is 0.176. The van der Waals surface area contributed by atoms with E-state index in [1.165, 1.54) is 16.0 Å². The summed E-state index contributed by atoms with van der Waals surface area (Å²) < 4.78 is 0. The third kappa shape index (κ3) is 3.69. The molecule has 2 heteroatoms. The van der Waals surface area contributed by atoms with Crippen LogP contribution in [0.1, 0.15) is 35.8 Å². The highest BCUT2D eigenvalue weighted by atomic mass is 32.1.